The molecule has 1 amide bonds. The molecule has 0 spiro atoms. The van der Waals surface area contributed by atoms with E-state index in [0.29, 0.717) is 5.56 Å². The van der Waals surface area contributed by atoms with Gasteiger partial charge in [0.05, 0.1) is 22.3 Å². The molecule has 0 unspecified atom stereocenters. The Bertz CT molecular complexity index is 1420. The van der Waals surface area contributed by atoms with E-state index in [1.165, 1.54) is 18.2 Å². The van der Waals surface area contributed by atoms with Crippen LogP contribution in [0.2, 0.25) is 10.0 Å². The van der Waals surface area contributed by atoms with Gasteiger partial charge in [0.15, 0.2) is 5.82 Å². The van der Waals surface area contributed by atoms with E-state index in [9.17, 15) is 27.2 Å². The zero-order valence-corrected chi connectivity index (χ0v) is 20.2. The number of anilines is 1. The molecule has 0 saturated carbocycles. The van der Waals surface area contributed by atoms with Crippen molar-refractivity contribution >= 4 is 40.5 Å². The van der Waals surface area contributed by atoms with Crippen molar-refractivity contribution in [3.8, 4) is 0 Å². The number of halogens is 6. The number of rotatable bonds is 5. The molecule has 1 N–H and O–H groups in total. The maximum absolute atomic E-state index is 14.2. The fourth-order valence-corrected chi connectivity index (χ4v) is 4.27. The minimum atomic E-state index is -4.95. The van der Waals surface area contributed by atoms with E-state index in [1.54, 1.807) is 13.8 Å². The Morgan fingerprint density at radius 1 is 1.22 bits per heavy atom. The predicted octanol–water partition coefficient (Wildman–Crippen LogP) is 6.05. The van der Waals surface area contributed by atoms with Crippen molar-refractivity contribution in [2.75, 3.05) is 5.32 Å². The van der Waals surface area contributed by atoms with E-state index in [1.807, 2.05) is 0 Å². The van der Waals surface area contributed by atoms with Crippen LogP contribution in [0.5, 0.6) is 0 Å². The molecule has 3 aromatic rings. The number of carbonyl (C=O) groups is 1. The van der Waals surface area contributed by atoms with Crippen LogP contribution in [0.15, 0.2) is 51.1 Å². The van der Waals surface area contributed by atoms with Crippen LogP contribution in [0, 0.1) is 12.7 Å². The molecule has 2 heterocycles. The van der Waals surface area contributed by atoms with Crippen LogP contribution >= 0.6 is 23.2 Å². The second kappa shape index (κ2) is 9.29. The number of alkyl halides is 3. The van der Waals surface area contributed by atoms with Gasteiger partial charge in [-0.1, -0.05) is 34.4 Å². The summed E-state index contributed by atoms with van der Waals surface area (Å²) in [5.74, 6) is -1.66. The Kier molecular flexibility index (Phi) is 6.65. The highest BCUT2D eigenvalue weighted by Gasteiger charge is 2.62. The Labute approximate surface area is 211 Å². The van der Waals surface area contributed by atoms with E-state index < -0.39 is 51.1 Å². The third-order valence-corrected chi connectivity index (χ3v) is 6.28. The highest BCUT2D eigenvalue weighted by Crippen LogP contribution is 2.50. The Morgan fingerprint density at radius 2 is 1.89 bits per heavy atom. The lowest BCUT2D eigenvalue weighted by Crippen LogP contribution is -2.42. The summed E-state index contributed by atoms with van der Waals surface area (Å²) in [6.45, 7) is 3.55. The average Bonchev–Trinajstić information content (AvgIpc) is 3.42. The third kappa shape index (κ3) is 4.37. The molecule has 1 aromatic heterocycles. The van der Waals surface area contributed by atoms with Crippen LogP contribution in [0.25, 0.3) is 0 Å². The predicted molar refractivity (Wildman–Crippen MR) is 124 cm³/mol. The van der Waals surface area contributed by atoms with Gasteiger partial charge in [-0.15, -0.1) is 0 Å². The Morgan fingerprint density at radius 3 is 2.44 bits per heavy atom. The van der Waals surface area contributed by atoms with Gasteiger partial charge in [0, 0.05) is 17.5 Å². The van der Waals surface area contributed by atoms with Crippen LogP contribution in [-0.4, -0.2) is 22.5 Å². The molecule has 7 nitrogen and oxygen atoms in total. The molecule has 190 valence electrons. The SMILES string of the molecule is CCn1occ(NC(=O)c2ccc(C3=NO[C@@](c4cc(Cl)c(F)c(Cl)c4)(C(F)(F)F)C3)cc2C)c1=O. The number of aromatic nitrogens is 1. The Hall–Kier alpha value is -3.31. The summed E-state index contributed by atoms with van der Waals surface area (Å²) in [4.78, 5) is 29.7. The van der Waals surface area contributed by atoms with Gasteiger partial charge in [0.25, 0.3) is 11.5 Å². The van der Waals surface area contributed by atoms with Gasteiger partial charge in [-0.3, -0.25) is 9.59 Å². The highest BCUT2D eigenvalue weighted by molar-refractivity contribution is 6.35. The molecule has 2 aromatic carbocycles. The molecule has 0 saturated heterocycles. The molecule has 0 radical (unpaired) electrons. The number of oxime groups is 1. The zero-order chi connectivity index (χ0) is 26.4. The fourth-order valence-electron chi connectivity index (χ4n) is 3.78. The average molecular weight is 546 g/mol. The second-order valence-electron chi connectivity index (χ2n) is 8.01. The van der Waals surface area contributed by atoms with Crippen molar-refractivity contribution in [3.63, 3.8) is 0 Å². The van der Waals surface area contributed by atoms with Gasteiger partial charge < -0.3 is 14.7 Å². The van der Waals surface area contributed by atoms with Crippen LogP contribution in [-0.2, 0) is 17.0 Å². The molecule has 4 rings (SSSR count). The second-order valence-corrected chi connectivity index (χ2v) is 8.82. The maximum Gasteiger partial charge on any atom is 0.435 e. The standard InChI is InChI=1S/C23H17Cl2F4N3O4/c1-3-32-21(34)18(10-35-32)30-20(33)14-5-4-12(6-11(14)2)17-9-22(36-31-17,23(27,28)29)13-7-15(24)19(26)16(25)8-13/h4-8,10H,3,9H2,1-2H3,(H,30,33)/t22-/m0/s1. The van der Waals surface area contributed by atoms with E-state index in [4.69, 9.17) is 32.6 Å². The molecule has 0 bridgehead atoms. The number of benzene rings is 2. The molecule has 36 heavy (non-hydrogen) atoms. The van der Waals surface area contributed by atoms with Crippen molar-refractivity contribution in [2.45, 2.75) is 38.6 Å². The minimum absolute atomic E-state index is 0.0505. The highest BCUT2D eigenvalue weighted by atomic mass is 35.5. The quantitative estimate of drug-likeness (QED) is 0.312. The van der Waals surface area contributed by atoms with Crippen molar-refractivity contribution in [1.29, 1.82) is 0 Å². The summed E-state index contributed by atoms with van der Waals surface area (Å²) in [6.07, 6.45) is -4.58. The lowest BCUT2D eigenvalue weighted by molar-refractivity contribution is -0.275. The van der Waals surface area contributed by atoms with Gasteiger partial charge in [0.2, 0.25) is 0 Å². The van der Waals surface area contributed by atoms with Gasteiger partial charge >= 0.3 is 11.7 Å². The molecule has 1 aliphatic rings. The zero-order valence-electron chi connectivity index (χ0n) is 18.7. The fraction of sp³-hybridized carbons (Fsp3) is 0.261. The normalized spacial score (nSPS) is 17.6. The van der Waals surface area contributed by atoms with E-state index >= 15 is 0 Å². The Balaban J connectivity index is 1.61. The van der Waals surface area contributed by atoms with Crippen LogP contribution in [0.4, 0.5) is 23.2 Å². The largest absolute Gasteiger partial charge is 0.435 e. The van der Waals surface area contributed by atoms with Crippen LogP contribution < -0.4 is 10.9 Å². The number of hydrogen-bond donors (Lipinski definition) is 1. The molecule has 1 atom stereocenters. The monoisotopic (exact) mass is 545 g/mol. The first-order valence-electron chi connectivity index (χ1n) is 10.5. The van der Waals surface area contributed by atoms with Gasteiger partial charge in [-0.2, -0.15) is 17.9 Å². The molecule has 0 fully saturated rings. The van der Waals surface area contributed by atoms with Crippen molar-refractivity contribution in [2.24, 2.45) is 5.16 Å². The maximum atomic E-state index is 14.2. The lowest BCUT2D eigenvalue weighted by Gasteiger charge is -2.29. The minimum Gasteiger partial charge on any atom is -0.382 e. The summed E-state index contributed by atoms with van der Waals surface area (Å²) in [5.41, 5.74) is -3.20. The van der Waals surface area contributed by atoms with Crippen molar-refractivity contribution < 1.29 is 31.7 Å². The summed E-state index contributed by atoms with van der Waals surface area (Å²) >= 11 is 11.4. The number of nitrogens with one attached hydrogen (secondary N) is 1. The summed E-state index contributed by atoms with van der Waals surface area (Å²) in [5, 5.41) is 4.93. The summed E-state index contributed by atoms with van der Waals surface area (Å²) < 4.78 is 62.5. The molecule has 1 aliphatic heterocycles. The van der Waals surface area contributed by atoms with Crippen LogP contribution in [0.3, 0.4) is 0 Å². The first-order valence-corrected chi connectivity index (χ1v) is 11.2. The first kappa shape index (κ1) is 25.8. The van der Waals surface area contributed by atoms with E-state index in [2.05, 4.69) is 10.5 Å². The lowest BCUT2D eigenvalue weighted by atomic mass is 9.86. The number of nitrogens with zero attached hydrogens (tertiary/aromatic N) is 2. The summed E-state index contributed by atoms with van der Waals surface area (Å²) in [7, 11) is 0. The topological polar surface area (TPSA) is 85.8 Å². The van der Waals surface area contributed by atoms with Crippen LogP contribution in [0.1, 0.15) is 40.4 Å². The molecule has 13 heteroatoms. The first-order chi connectivity index (χ1) is 16.9. The number of hydrogen-bond acceptors (Lipinski definition) is 5. The van der Waals surface area contributed by atoms with Crippen molar-refractivity contribution in [3.05, 3.63) is 85.1 Å². The van der Waals surface area contributed by atoms with E-state index in [0.717, 1.165) is 23.1 Å². The van der Waals surface area contributed by atoms with Gasteiger partial charge in [-0.25, -0.2) is 4.39 Å². The number of aryl methyl sites for hydroxylation is 2. The number of carbonyl (C=O) groups excluding carboxylic acids is 1. The van der Waals surface area contributed by atoms with Gasteiger partial charge in [0.1, 0.15) is 12.0 Å². The number of amides is 1. The molecule has 0 aliphatic carbocycles. The van der Waals surface area contributed by atoms with Crippen molar-refractivity contribution in [1.82, 2.24) is 4.74 Å². The molecular weight excluding hydrogens is 529 g/mol. The van der Waals surface area contributed by atoms with Gasteiger partial charge in [-0.05, 0) is 49.2 Å². The summed E-state index contributed by atoms with van der Waals surface area (Å²) in [6, 6.07) is 5.86. The smallest absolute Gasteiger partial charge is 0.382 e. The third-order valence-electron chi connectivity index (χ3n) is 5.73. The van der Waals surface area contributed by atoms with E-state index in [-0.39, 0.29) is 29.1 Å². The molecular formula is C23H17Cl2F4N3O4.